The second-order valence-electron chi connectivity index (χ2n) is 8.69. The largest absolute Gasteiger partial charge is 0.339 e. The number of nitrogens with one attached hydrogen (secondary N) is 1. The van der Waals surface area contributed by atoms with Gasteiger partial charge in [-0.3, -0.25) is 19.5 Å². The van der Waals surface area contributed by atoms with Crippen molar-refractivity contribution in [1.82, 2.24) is 20.1 Å². The van der Waals surface area contributed by atoms with Crippen LogP contribution in [0.3, 0.4) is 0 Å². The van der Waals surface area contributed by atoms with Gasteiger partial charge in [0.2, 0.25) is 0 Å². The van der Waals surface area contributed by atoms with Crippen LogP contribution in [-0.2, 0) is 11.2 Å². The molecule has 0 aromatic carbocycles. The molecule has 4 amide bonds. The number of hydrogen-bond acceptors (Lipinski definition) is 5. The molecule has 2 aromatic heterocycles. The highest BCUT2D eigenvalue weighted by molar-refractivity contribution is 7.09. The summed E-state index contributed by atoms with van der Waals surface area (Å²) < 4.78 is 0. The lowest BCUT2D eigenvalue weighted by Crippen LogP contribution is -2.56. The Morgan fingerprint density at radius 3 is 2.66 bits per heavy atom. The van der Waals surface area contributed by atoms with E-state index in [1.807, 2.05) is 48.4 Å². The molecule has 32 heavy (non-hydrogen) atoms. The minimum absolute atomic E-state index is 0.0193. The molecule has 2 saturated heterocycles. The Balaban J connectivity index is 1.43. The van der Waals surface area contributed by atoms with Gasteiger partial charge in [0, 0.05) is 36.4 Å². The van der Waals surface area contributed by atoms with E-state index in [9.17, 15) is 14.4 Å². The number of thiophene rings is 1. The number of aromatic nitrogens is 1. The normalized spacial score (nSPS) is 21.8. The number of pyridine rings is 1. The Hall–Kier alpha value is -2.74. The van der Waals surface area contributed by atoms with Crippen LogP contribution in [0.2, 0.25) is 0 Å². The lowest BCUT2D eigenvalue weighted by Gasteiger charge is -2.41. The van der Waals surface area contributed by atoms with E-state index in [2.05, 4.69) is 10.3 Å². The van der Waals surface area contributed by atoms with E-state index >= 15 is 0 Å². The quantitative estimate of drug-likeness (QED) is 0.648. The molecule has 170 valence electrons. The van der Waals surface area contributed by atoms with Crippen molar-refractivity contribution in [2.24, 2.45) is 5.92 Å². The number of amides is 4. The lowest BCUT2D eigenvalue weighted by molar-refractivity contribution is -0.134. The van der Waals surface area contributed by atoms with Crippen molar-refractivity contribution in [2.45, 2.75) is 51.5 Å². The standard InChI is InChI=1S/C24H30N4O3S/c1-3-11-24(22(30)28(23(31)26-24)14-10-20-5-4-15-32-20)19-8-12-27(13-9-19)21(29)18-7-6-17(2)25-16-18/h4-7,15-16,19H,3,8-14H2,1-2H3,(H,26,31)/t24-/m0/s1. The van der Waals surface area contributed by atoms with E-state index in [0.29, 0.717) is 50.9 Å². The van der Waals surface area contributed by atoms with Crippen LogP contribution in [0.15, 0.2) is 35.8 Å². The van der Waals surface area contributed by atoms with Crippen molar-refractivity contribution < 1.29 is 14.4 Å². The molecule has 2 fully saturated rings. The highest BCUT2D eigenvalue weighted by Gasteiger charge is 2.55. The molecule has 4 heterocycles. The van der Waals surface area contributed by atoms with Gasteiger partial charge in [-0.25, -0.2) is 4.79 Å². The van der Waals surface area contributed by atoms with Gasteiger partial charge in [-0.05, 0) is 62.1 Å². The molecular weight excluding hydrogens is 424 g/mol. The molecule has 0 bridgehead atoms. The summed E-state index contributed by atoms with van der Waals surface area (Å²) in [5.74, 6) is -0.112. The predicted octanol–water partition coefficient (Wildman–Crippen LogP) is 3.64. The zero-order valence-electron chi connectivity index (χ0n) is 18.7. The number of likely N-dealkylation sites (tertiary alicyclic amines) is 1. The minimum Gasteiger partial charge on any atom is -0.339 e. The zero-order chi connectivity index (χ0) is 22.7. The van der Waals surface area contributed by atoms with Gasteiger partial charge in [0.05, 0.1) is 5.56 Å². The molecular formula is C24H30N4O3S. The topological polar surface area (TPSA) is 82.6 Å². The molecule has 2 aliphatic rings. The van der Waals surface area contributed by atoms with Crippen molar-refractivity contribution in [2.75, 3.05) is 19.6 Å². The first kappa shape index (κ1) is 22.5. The van der Waals surface area contributed by atoms with Gasteiger partial charge in [-0.2, -0.15) is 0 Å². The third-order valence-corrected chi connectivity index (χ3v) is 7.58. The highest BCUT2D eigenvalue weighted by atomic mass is 32.1. The number of rotatable bonds is 7. The number of piperidine rings is 1. The maximum absolute atomic E-state index is 13.5. The van der Waals surface area contributed by atoms with E-state index in [1.165, 1.54) is 4.90 Å². The summed E-state index contributed by atoms with van der Waals surface area (Å²) in [5.41, 5.74) is 0.602. The van der Waals surface area contributed by atoms with Crippen LogP contribution >= 0.6 is 11.3 Å². The van der Waals surface area contributed by atoms with E-state index in [1.54, 1.807) is 17.5 Å². The van der Waals surface area contributed by atoms with E-state index < -0.39 is 5.54 Å². The maximum Gasteiger partial charge on any atom is 0.325 e. The Kier molecular flexibility index (Phi) is 6.60. The van der Waals surface area contributed by atoms with Crippen LogP contribution in [-0.4, -0.2) is 57.8 Å². The molecule has 0 saturated carbocycles. The fourth-order valence-electron chi connectivity index (χ4n) is 4.92. The number of urea groups is 1. The molecule has 0 spiro atoms. The van der Waals surface area contributed by atoms with Crippen LogP contribution in [0.1, 0.15) is 53.5 Å². The number of imide groups is 1. The molecule has 2 aliphatic heterocycles. The summed E-state index contributed by atoms with van der Waals surface area (Å²) in [6.07, 6.45) is 5.10. The highest BCUT2D eigenvalue weighted by Crippen LogP contribution is 2.37. The fourth-order valence-corrected chi connectivity index (χ4v) is 5.62. The smallest absolute Gasteiger partial charge is 0.325 e. The third-order valence-electron chi connectivity index (χ3n) is 6.65. The van der Waals surface area contributed by atoms with Crippen LogP contribution in [0.5, 0.6) is 0 Å². The Morgan fingerprint density at radius 2 is 2.03 bits per heavy atom. The molecule has 1 N–H and O–H groups in total. The average Bonchev–Trinajstić information content (AvgIpc) is 3.40. The lowest BCUT2D eigenvalue weighted by atomic mass is 9.74. The number of aryl methyl sites for hydroxylation is 1. The number of nitrogens with zero attached hydrogens (tertiary/aromatic N) is 3. The van der Waals surface area contributed by atoms with Gasteiger partial charge in [-0.15, -0.1) is 11.3 Å². The van der Waals surface area contributed by atoms with Crippen LogP contribution in [0, 0.1) is 12.8 Å². The average molecular weight is 455 g/mol. The van der Waals surface area contributed by atoms with E-state index in [4.69, 9.17) is 0 Å². The molecule has 8 heteroatoms. The summed E-state index contributed by atoms with van der Waals surface area (Å²) in [5, 5.41) is 5.08. The Bertz CT molecular complexity index is 968. The first-order chi connectivity index (χ1) is 15.4. The SMILES string of the molecule is CCC[C@@]1(C2CCN(C(=O)c3ccc(C)nc3)CC2)NC(=O)N(CCc2cccs2)C1=O. The van der Waals surface area contributed by atoms with E-state index in [0.717, 1.165) is 17.0 Å². The van der Waals surface area contributed by atoms with Gasteiger partial charge in [-0.1, -0.05) is 19.4 Å². The zero-order valence-corrected chi connectivity index (χ0v) is 19.5. The number of hydrogen-bond donors (Lipinski definition) is 1. The second-order valence-corrected chi connectivity index (χ2v) is 9.72. The van der Waals surface area contributed by atoms with Crippen LogP contribution in [0.4, 0.5) is 4.79 Å². The molecule has 0 aliphatic carbocycles. The van der Waals surface area contributed by atoms with Gasteiger partial charge in [0.25, 0.3) is 11.8 Å². The number of carbonyl (C=O) groups excluding carboxylic acids is 3. The van der Waals surface area contributed by atoms with E-state index in [-0.39, 0.29) is 23.8 Å². The van der Waals surface area contributed by atoms with Gasteiger partial charge >= 0.3 is 6.03 Å². The molecule has 1 atom stereocenters. The van der Waals surface area contributed by atoms with Gasteiger partial charge < -0.3 is 10.2 Å². The maximum atomic E-state index is 13.5. The summed E-state index contributed by atoms with van der Waals surface area (Å²) in [6.45, 7) is 5.47. The summed E-state index contributed by atoms with van der Waals surface area (Å²) in [4.78, 5) is 47.8. The molecule has 0 radical (unpaired) electrons. The third kappa shape index (κ3) is 4.28. The van der Waals surface area contributed by atoms with Gasteiger partial charge in [0.15, 0.2) is 0 Å². The summed E-state index contributed by atoms with van der Waals surface area (Å²) in [7, 11) is 0. The van der Waals surface area contributed by atoms with Crippen LogP contribution in [0.25, 0.3) is 0 Å². The van der Waals surface area contributed by atoms with Crippen molar-refractivity contribution >= 4 is 29.2 Å². The monoisotopic (exact) mass is 454 g/mol. The van der Waals surface area contributed by atoms with Crippen molar-refractivity contribution in [3.8, 4) is 0 Å². The molecule has 7 nitrogen and oxygen atoms in total. The molecule has 4 rings (SSSR count). The first-order valence-electron chi connectivity index (χ1n) is 11.3. The first-order valence-corrected chi connectivity index (χ1v) is 12.2. The Labute approximate surface area is 192 Å². The Morgan fingerprint density at radius 1 is 1.25 bits per heavy atom. The molecule has 0 unspecified atom stereocenters. The predicted molar refractivity (Wildman–Crippen MR) is 124 cm³/mol. The van der Waals surface area contributed by atoms with Gasteiger partial charge in [0.1, 0.15) is 5.54 Å². The summed E-state index contributed by atoms with van der Waals surface area (Å²) in [6, 6.07) is 7.37. The summed E-state index contributed by atoms with van der Waals surface area (Å²) >= 11 is 1.64. The minimum atomic E-state index is -0.859. The fraction of sp³-hybridized carbons (Fsp3) is 0.500. The number of carbonyl (C=O) groups is 3. The van der Waals surface area contributed by atoms with Crippen molar-refractivity contribution in [3.05, 3.63) is 52.0 Å². The second kappa shape index (κ2) is 9.40. The molecule has 2 aromatic rings. The van der Waals surface area contributed by atoms with Crippen LogP contribution < -0.4 is 5.32 Å². The van der Waals surface area contributed by atoms with Crippen molar-refractivity contribution in [1.29, 1.82) is 0 Å². The van der Waals surface area contributed by atoms with Crippen molar-refractivity contribution in [3.63, 3.8) is 0 Å².